The maximum absolute atomic E-state index is 5.60. The Labute approximate surface area is 93.4 Å². The zero-order chi connectivity index (χ0) is 10.3. The minimum absolute atomic E-state index is 0.284. The molecule has 1 aromatic rings. The highest BCUT2D eigenvalue weighted by Gasteiger charge is 2.42. The molecule has 0 spiro atoms. The molecule has 0 bridgehead atoms. The molecule has 2 aliphatic carbocycles. The lowest BCUT2D eigenvalue weighted by atomic mass is 10.1. The molecule has 5 heteroatoms. The quantitative estimate of drug-likeness (QED) is 0.785. The molecule has 1 N–H and O–H groups in total. The van der Waals surface area contributed by atoms with Crippen molar-refractivity contribution in [3.05, 3.63) is 5.89 Å². The van der Waals surface area contributed by atoms with Crippen LogP contribution in [0.1, 0.15) is 31.6 Å². The first-order valence-corrected chi connectivity index (χ1v) is 6.05. The molecule has 15 heavy (non-hydrogen) atoms. The van der Waals surface area contributed by atoms with Crippen molar-refractivity contribution >= 4 is 17.6 Å². The minimum atomic E-state index is 0.284. The summed E-state index contributed by atoms with van der Waals surface area (Å²) in [4.78, 5) is 0. The van der Waals surface area contributed by atoms with Crippen LogP contribution in [0.2, 0.25) is 0 Å². The Morgan fingerprint density at radius 1 is 1.27 bits per heavy atom. The van der Waals surface area contributed by atoms with Crippen molar-refractivity contribution in [2.45, 2.75) is 37.6 Å². The summed E-state index contributed by atoms with van der Waals surface area (Å²) >= 11 is 5.60. The van der Waals surface area contributed by atoms with Gasteiger partial charge in [0.05, 0.1) is 0 Å². The Bertz CT molecular complexity index is 334. The average molecular weight is 228 g/mol. The number of alkyl halides is 1. The molecule has 0 aromatic carbocycles. The minimum Gasteiger partial charge on any atom is -0.407 e. The van der Waals surface area contributed by atoms with Crippen molar-refractivity contribution in [3.63, 3.8) is 0 Å². The maximum atomic E-state index is 5.60. The van der Waals surface area contributed by atoms with Crippen LogP contribution >= 0.6 is 11.6 Å². The highest BCUT2D eigenvalue weighted by Crippen LogP contribution is 2.45. The fourth-order valence-electron chi connectivity index (χ4n) is 2.04. The molecule has 2 saturated carbocycles. The number of halogens is 1. The molecule has 3 rings (SSSR count). The lowest BCUT2D eigenvalue weighted by Gasteiger charge is -2.15. The van der Waals surface area contributed by atoms with Crippen molar-refractivity contribution in [1.82, 2.24) is 10.2 Å². The van der Waals surface area contributed by atoms with E-state index in [-0.39, 0.29) is 5.88 Å². The van der Waals surface area contributed by atoms with E-state index in [9.17, 15) is 0 Å². The van der Waals surface area contributed by atoms with E-state index in [1.165, 1.54) is 25.7 Å². The number of hydrogen-bond acceptors (Lipinski definition) is 4. The van der Waals surface area contributed by atoms with Gasteiger partial charge in [0.2, 0.25) is 5.89 Å². The van der Waals surface area contributed by atoms with Gasteiger partial charge in [0, 0.05) is 6.04 Å². The van der Waals surface area contributed by atoms with Crippen LogP contribution < -0.4 is 5.32 Å². The van der Waals surface area contributed by atoms with Gasteiger partial charge in [0.15, 0.2) is 0 Å². The van der Waals surface area contributed by atoms with E-state index >= 15 is 0 Å². The Hall–Kier alpha value is -0.770. The Balaban J connectivity index is 1.66. The summed E-state index contributed by atoms with van der Waals surface area (Å²) in [5.41, 5.74) is 0. The van der Waals surface area contributed by atoms with Gasteiger partial charge in [-0.2, -0.15) is 0 Å². The second kappa shape index (κ2) is 3.67. The van der Waals surface area contributed by atoms with E-state index in [1.807, 2.05) is 0 Å². The van der Waals surface area contributed by atoms with Crippen molar-refractivity contribution in [3.8, 4) is 0 Å². The van der Waals surface area contributed by atoms with Gasteiger partial charge in [-0.3, -0.25) is 0 Å². The van der Waals surface area contributed by atoms with Crippen LogP contribution in [0.15, 0.2) is 4.42 Å². The predicted molar refractivity (Wildman–Crippen MR) is 56.7 cm³/mol. The summed E-state index contributed by atoms with van der Waals surface area (Å²) in [7, 11) is 0. The van der Waals surface area contributed by atoms with Gasteiger partial charge in [-0.25, -0.2) is 0 Å². The largest absolute Gasteiger partial charge is 0.407 e. The number of aromatic nitrogens is 2. The van der Waals surface area contributed by atoms with Gasteiger partial charge < -0.3 is 9.73 Å². The van der Waals surface area contributed by atoms with Crippen molar-refractivity contribution < 1.29 is 4.42 Å². The molecule has 0 amide bonds. The molecule has 2 aliphatic rings. The van der Waals surface area contributed by atoms with Gasteiger partial charge >= 0.3 is 6.01 Å². The third-order valence-corrected chi connectivity index (χ3v) is 3.36. The molecule has 4 nitrogen and oxygen atoms in total. The second-order valence-corrected chi connectivity index (χ2v) is 4.75. The monoisotopic (exact) mass is 227 g/mol. The first-order valence-electron chi connectivity index (χ1n) is 5.51. The van der Waals surface area contributed by atoms with Crippen LogP contribution in [0.4, 0.5) is 6.01 Å². The summed E-state index contributed by atoms with van der Waals surface area (Å²) in [6.07, 6.45) is 5.35. The van der Waals surface area contributed by atoms with Crippen molar-refractivity contribution in [2.24, 2.45) is 11.8 Å². The highest BCUT2D eigenvalue weighted by molar-refractivity contribution is 6.16. The SMILES string of the molecule is ClCc1nnc(NC(C2CC2)C2CC2)o1. The summed E-state index contributed by atoms with van der Waals surface area (Å²) in [5.74, 6) is 2.42. The van der Waals surface area contributed by atoms with Crippen LogP contribution in [0.25, 0.3) is 0 Å². The first-order chi connectivity index (χ1) is 7.36. The molecule has 0 radical (unpaired) electrons. The molecular formula is C10H14ClN3O. The lowest BCUT2D eigenvalue weighted by Crippen LogP contribution is -2.24. The second-order valence-electron chi connectivity index (χ2n) is 4.48. The van der Waals surface area contributed by atoms with E-state index in [0.717, 1.165) is 11.8 Å². The maximum Gasteiger partial charge on any atom is 0.315 e. The number of rotatable bonds is 5. The van der Waals surface area contributed by atoms with E-state index < -0.39 is 0 Å². The fraction of sp³-hybridized carbons (Fsp3) is 0.800. The summed E-state index contributed by atoms with van der Waals surface area (Å²) < 4.78 is 5.35. The van der Waals surface area contributed by atoms with Crippen LogP contribution in [0.5, 0.6) is 0 Å². The van der Waals surface area contributed by atoms with Crippen LogP contribution in [0, 0.1) is 11.8 Å². The normalized spacial score (nSPS) is 20.9. The number of hydrogen-bond donors (Lipinski definition) is 1. The van der Waals surface area contributed by atoms with E-state index in [2.05, 4.69) is 15.5 Å². The van der Waals surface area contributed by atoms with E-state index in [0.29, 0.717) is 17.9 Å². The molecule has 82 valence electrons. The third kappa shape index (κ3) is 2.09. The van der Waals surface area contributed by atoms with Crippen LogP contribution in [-0.4, -0.2) is 16.2 Å². The number of anilines is 1. The fourth-order valence-corrected chi connectivity index (χ4v) is 2.15. The van der Waals surface area contributed by atoms with Gasteiger partial charge in [0.25, 0.3) is 0 Å². The summed E-state index contributed by atoms with van der Waals surface area (Å²) in [5, 5.41) is 11.1. The molecule has 0 saturated heterocycles. The number of nitrogens with zero attached hydrogens (tertiary/aromatic N) is 2. The van der Waals surface area contributed by atoms with Gasteiger partial charge in [0.1, 0.15) is 5.88 Å². The smallest absolute Gasteiger partial charge is 0.315 e. The van der Waals surface area contributed by atoms with Crippen molar-refractivity contribution in [1.29, 1.82) is 0 Å². The third-order valence-electron chi connectivity index (χ3n) is 3.13. The molecule has 0 aliphatic heterocycles. The summed E-state index contributed by atoms with van der Waals surface area (Å²) in [6, 6.07) is 1.09. The average Bonchev–Trinajstić information content (AvgIpc) is 3.14. The Morgan fingerprint density at radius 2 is 1.93 bits per heavy atom. The van der Waals surface area contributed by atoms with Gasteiger partial charge in [-0.1, -0.05) is 5.10 Å². The van der Waals surface area contributed by atoms with Crippen LogP contribution in [0.3, 0.4) is 0 Å². The van der Waals surface area contributed by atoms with Gasteiger partial charge in [-0.15, -0.1) is 16.7 Å². The molecule has 2 fully saturated rings. The van der Waals surface area contributed by atoms with E-state index in [4.69, 9.17) is 16.0 Å². The molecular weight excluding hydrogens is 214 g/mol. The molecule has 1 heterocycles. The number of nitrogens with one attached hydrogen (secondary N) is 1. The predicted octanol–water partition coefficient (Wildman–Crippen LogP) is 2.41. The van der Waals surface area contributed by atoms with Gasteiger partial charge in [-0.05, 0) is 37.5 Å². The first kappa shape index (κ1) is 9.46. The Morgan fingerprint density at radius 3 is 2.40 bits per heavy atom. The zero-order valence-corrected chi connectivity index (χ0v) is 9.20. The molecule has 0 atom stereocenters. The molecule has 0 unspecified atom stereocenters. The molecule has 1 aromatic heterocycles. The summed E-state index contributed by atoms with van der Waals surface area (Å²) in [6.45, 7) is 0. The topological polar surface area (TPSA) is 51.0 Å². The van der Waals surface area contributed by atoms with Crippen molar-refractivity contribution in [2.75, 3.05) is 5.32 Å². The highest BCUT2D eigenvalue weighted by atomic mass is 35.5. The Kier molecular flexibility index (Phi) is 2.31. The standard InChI is InChI=1S/C10H14ClN3O/c11-5-8-13-14-10(15-8)12-9(6-1-2-6)7-3-4-7/h6-7,9H,1-5H2,(H,12,14). The van der Waals surface area contributed by atoms with E-state index in [1.54, 1.807) is 0 Å². The zero-order valence-electron chi connectivity index (χ0n) is 8.45. The van der Waals surface area contributed by atoms with Crippen LogP contribution in [-0.2, 0) is 5.88 Å². The lowest BCUT2D eigenvalue weighted by molar-refractivity contribution is 0.492.